The summed E-state index contributed by atoms with van der Waals surface area (Å²) in [7, 11) is 0. The van der Waals surface area contributed by atoms with Crippen molar-refractivity contribution in [2.75, 3.05) is 11.4 Å². The molecule has 2 aliphatic rings. The molecule has 2 heterocycles. The van der Waals surface area contributed by atoms with Gasteiger partial charge in [0.05, 0.1) is 15.6 Å². The van der Waals surface area contributed by atoms with Gasteiger partial charge in [-0.3, -0.25) is 9.69 Å². The number of benzene rings is 1. The molecular weight excluding hydrogens is 376 g/mol. The van der Waals surface area contributed by atoms with Crippen LogP contribution in [0.4, 0.5) is 5.69 Å². The number of carboxylic acid groups (broad SMARTS) is 1. The largest absolute Gasteiger partial charge is 0.480 e. The number of anilines is 1. The summed E-state index contributed by atoms with van der Waals surface area (Å²) in [6.07, 6.45) is 3.62. The maximum absolute atomic E-state index is 12.5. The summed E-state index contributed by atoms with van der Waals surface area (Å²) in [4.78, 5) is 28.6. The predicted octanol–water partition coefficient (Wildman–Crippen LogP) is 3.68. The molecular formula is C17H16N2O3S3. The minimum atomic E-state index is -1.07. The maximum atomic E-state index is 12.5. The first-order valence-electron chi connectivity index (χ1n) is 7.68. The molecule has 8 heteroatoms. The number of allylic oxidation sites excluding steroid dienone is 2. The van der Waals surface area contributed by atoms with Gasteiger partial charge in [-0.25, -0.2) is 4.79 Å². The van der Waals surface area contributed by atoms with Crippen LogP contribution in [-0.2, 0) is 9.59 Å². The van der Waals surface area contributed by atoms with Crippen molar-refractivity contribution in [2.45, 2.75) is 24.8 Å². The minimum Gasteiger partial charge on any atom is -0.480 e. The number of aliphatic carboxylic acids is 1. The number of carbonyl (C=O) groups excluding carboxylic acids is 1. The molecule has 0 aliphatic carbocycles. The molecule has 2 aliphatic heterocycles. The third-order valence-corrected chi connectivity index (χ3v) is 6.38. The van der Waals surface area contributed by atoms with Gasteiger partial charge in [-0.1, -0.05) is 47.9 Å². The Labute approximate surface area is 159 Å². The van der Waals surface area contributed by atoms with Crippen molar-refractivity contribution in [2.24, 2.45) is 0 Å². The van der Waals surface area contributed by atoms with Crippen molar-refractivity contribution >= 4 is 57.6 Å². The molecule has 1 saturated heterocycles. The second-order valence-electron chi connectivity index (χ2n) is 5.41. The average Bonchev–Trinajstić information content (AvgIpc) is 3.08. The zero-order valence-electron chi connectivity index (χ0n) is 13.6. The molecule has 5 nitrogen and oxygen atoms in total. The first-order valence-corrected chi connectivity index (χ1v) is 9.72. The van der Waals surface area contributed by atoms with E-state index in [1.54, 1.807) is 17.8 Å². The van der Waals surface area contributed by atoms with Gasteiger partial charge in [0.15, 0.2) is 0 Å². The van der Waals surface area contributed by atoms with Gasteiger partial charge in [0.1, 0.15) is 10.4 Å². The lowest BCUT2D eigenvalue weighted by Gasteiger charge is -2.18. The second-order valence-corrected chi connectivity index (χ2v) is 8.15. The minimum absolute atomic E-state index is 0.277. The number of hydrogen-bond acceptors (Lipinski definition) is 6. The van der Waals surface area contributed by atoms with Crippen LogP contribution in [-0.4, -0.2) is 38.8 Å². The predicted molar refractivity (Wildman–Crippen MR) is 106 cm³/mol. The number of carbonyl (C=O) groups is 2. The molecule has 0 radical (unpaired) electrons. The average molecular weight is 393 g/mol. The molecule has 0 saturated carbocycles. The van der Waals surface area contributed by atoms with E-state index in [2.05, 4.69) is 24.0 Å². The summed E-state index contributed by atoms with van der Waals surface area (Å²) in [5, 5.41) is 10.2. The van der Waals surface area contributed by atoms with E-state index in [4.69, 9.17) is 17.3 Å². The normalized spacial score (nSPS) is 21.4. The van der Waals surface area contributed by atoms with Gasteiger partial charge in [0.2, 0.25) is 0 Å². The number of nitrogens with zero attached hydrogens (tertiary/aromatic N) is 2. The van der Waals surface area contributed by atoms with Gasteiger partial charge in [0.25, 0.3) is 5.91 Å². The fourth-order valence-corrected chi connectivity index (χ4v) is 5.08. The SMILES string of the molecule is CCN1/C(=C\C=C2\SC(=S)N(C(C)C(=O)O)C2=O)Sc2ccccc21. The van der Waals surface area contributed by atoms with E-state index in [0.717, 1.165) is 33.9 Å². The molecule has 1 aromatic carbocycles. The lowest BCUT2D eigenvalue weighted by atomic mass is 10.3. The number of rotatable bonds is 4. The number of thiocarbonyl (C=S) groups is 1. The van der Waals surface area contributed by atoms with Crippen LogP contribution < -0.4 is 4.90 Å². The van der Waals surface area contributed by atoms with Crippen LogP contribution in [0.25, 0.3) is 0 Å². The van der Waals surface area contributed by atoms with Crippen molar-refractivity contribution in [3.8, 4) is 0 Å². The summed E-state index contributed by atoms with van der Waals surface area (Å²) >= 11 is 7.95. The monoisotopic (exact) mass is 392 g/mol. The Kier molecular flexibility index (Phi) is 5.21. The molecule has 130 valence electrons. The Hall–Kier alpha value is -1.77. The van der Waals surface area contributed by atoms with Crippen LogP contribution in [0.15, 0.2) is 51.2 Å². The molecule has 25 heavy (non-hydrogen) atoms. The van der Waals surface area contributed by atoms with Gasteiger partial charge < -0.3 is 10.0 Å². The summed E-state index contributed by atoms with van der Waals surface area (Å²) in [5.41, 5.74) is 1.15. The molecule has 1 fully saturated rings. The smallest absolute Gasteiger partial charge is 0.326 e. The summed E-state index contributed by atoms with van der Waals surface area (Å²) in [6.45, 7) is 4.35. The van der Waals surface area contributed by atoms with Gasteiger partial charge in [-0.2, -0.15) is 0 Å². The summed E-state index contributed by atoms with van der Waals surface area (Å²) in [5.74, 6) is -1.43. The second kappa shape index (κ2) is 7.23. The quantitative estimate of drug-likeness (QED) is 0.619. The van der Waals surface area contributed by atoms with Gasteiger partial charge in [-0.05, 0) is 38.1 Å². The number of amides is 1. The third-order valence-electron chi connectivity index (χ3n) is 3.90. The molecule has 1 atom stereocenters. The first kappa shape index (κ1) is 18.0. The molecule has 1 amide bonds. The third kappa shape index (κ3) is 3.33. The first-order chi connectivity index (χ1) is 11.9. The Bertz CT molecular complexity index is 819. The van der Waals surface area contributed by atoms with E-state index in [1.807, 2.05) is 18.2 Å². The lowest BCUT2D eigenvalue weighted by Crippen LogP contribution is -2.41. The zero-order chi connectivity index (χ0) is 18.1. The Morgan fingerprint density at radius 1 is 1.32 bits per heavy atom. The molecule has 1 N–H and O–H groups in total. The Morgan fingerprint density at radius 2 is 2.04 bits per heavy atom. The van der Waals surface area contributed by atoms with Crippen molar-refractivity contribution in [1.29, 1.82) is 0 Å². The van der Waals surface area contributed by atoms with E-state index in [-0.39, 0.29) is 10.2 Å². The number of carboxylic acids is 1. The van der Waals surface area contributed by atoms with Crippen LogP contribution in [0, 0.1) is 0 Å². The number of para-hydroxylation sites is 1. The van der Waals surface area contributed by atoms with Crippen LogP contribution >= 0.6 is 35.7 Å². The maximum Gasteiger partial charge on any atom is 0.326 e. The Morgan fingerprint density at radius 3 is 2.72 bits per heavy atom. The topological polar surface area (TPSA) is 60.9 Å². The standard InChI is InChI=1S/C17H16N2O3S3/c1-3-18-11-6-4-5-7-12(11)24-14(18)9-8-13-15(20)19(17(23)25-13)10(2)16(21)22/h4-10H,3H2,1-2H3,(H,21,22)/b13-8+,14-9+. The van der Waals surface area contributed by atoms with E-state index < -0.39 is 12.0 Å². The van der Waals surface area contributed by atoms with E-state index in [9.17, 15) is 9.59 Å². The lowest BCUT2D eigenvalue weighted by molar-refractivity contribution is -0.144. The molecule has 1 aromatic rings. The fraction of sp³-hybridized carbons (Fsp3) is 0.235. The number of hydrogen-bond donors (Lipinski definition) is 1. The van der Waals surface area contributed by atoms with Gasteiger partial charge >= 0.3 is 5.97 Å². The fourth-order valence-electron chi connectivity index (χ4n) is 2.59. The highest BCUT2D eigenvalue weighted by Gasteiger charge is 2.38. The summed E-state index contributed by atoms with van der Waals surface area (Å²) in [6, 6.07) is 7.17. The Balaban J connectivity index is 1.85. The highest BCUT2D eigenvalue weighted by molar-refractivity contribution is 8.26. The van der Waals surface area contributed by atoms with E-state index in [0.29, 0.717) is 4.91 Å². The molecule has 0 spiro atoms. The van der Waals surface area contributed by atoms with Crippen molar-refractivity contribution < 1.29 is 14.7 Å². The van der Waals surface area contributed by atoms with E-state index >= 15 is 0 Å². The highest BCUT2D eigenvalue weighted by Crippen LogP contribution is 2.45. The zero-order valence-corrected chi connectivity index (χ0v) is 16.1. The highest BCUT2D eigenvalue weighted by atomic mass is 32.2. The molecule has 1 unspecified atom stereocenters. The molecule has 0 aromatic heterocycles. The number of fused-ring (bicyclic) bond motifs is 1. The van der Waals surface area contributed by atoms with Crippen molar-refractivity contribution in [1.82, 2.24) is 4.90 Å². The van der Waals surface area contributed by atoms with Crippen molar-refractivity contribution in [3.63, 3.8) is 0 Å². The van der Waals surface area contributed by atoms with Crippen LogP contribution in [0.5, 0.6) is 0 Å². The molecule has 0 bridgehead atoms. The van der Waals surface area contributed by atoms with Crippen LogP contribution in [0.1, 0.15) is 13.8 Å². The van der Waals surface area contributed by atoms with Gasteiger partial charge in [-0.15, -0.1) is 0 Å². The van der Waals surface area contributed by atoms with Crippen molar-refractivity contribution in [3.05, 3.63) is 46.4 Å². The van der Waals surface area contributed by atoms with Crippen LogP contribution in [0.3, 0.4) is 0 Å². The van der Waals surface area contributed by atoms with Gasteiger partial charge in [0, 0.05) is 11.4 Å². The van der Waals surface area contributed by atoms with Crippen LogP contribution in [0.2, 0.25) is 0 Å². The number of thioether (sulfide) groups is 2. The molecule has 3 rings (SSSR count). The van der Waals surface area contributed by atoms with E-state index in [1.165, 1.54) is 11.8 Å². The summed E-state index contributed by atoms with van der Waals surface area (Å²) < 4.78 is 0.277.